The number of benzene rings is 1. The Bertz CT molecular complexity index is 975. The molecule has 0 atom stereocenters. The van der Waals surface area contributed by atoms with Crippen molar-refractivity contribution in [1.29, 1.82) is 5.26 Å². The molecule has 0 fully saturated rings. The van der Waals surface area contributed by atoms with Gasteiger partial charge in [-0.05, 0) is 35.9 Å². The minimum absolute atomic E-state index is 0.0248. The lowest BCUT2D eigenvalue weighted by atomic mass is 10.2. The van der Waals surface area contributed by atoms with Crippen molar-refractivity contribution in [3.05, 3.63) is 66.2 Å². The largest absolute Gasteiger partial charge is 0.264 e. The Morgan fingerprint density at radius 1 is 1.21 bits per heavy atom. The summed E-state index contributed by atoms with van der Waals surface area (Å²) in [6.45, 7) is 0.430. The minimum Gasteiger partial charge on any atom is -0.264 e. The van der Waals surface area contributed by atoms with E-state index in [4.69, 9.17) is 5.26 Å². The molecule has 0 bridgehead atoms. The van der Waals surface area contributed by atoms with E-state index in [-0.39, 0.29) is 10.8 Å². The number of hydrogen-bond acceptors (Lipinski definition) is 6. The molecule has 24 heavy (non-hydrogen) atoms. The first kappa shape index (κ1) is 15.6. The number of rotatable bonds is 5. The number of sulfonamides is 1. The average Bonchev–Trinajstić information content (AvgIpc) is 3.02. The molecule has 1 aromatic carbocycles. The van der Waals surface area contributed by atoms with Gasteiger partial charge in [0.15, 0.2) is 0 Å². The molecule has 0 radical (unpaired) electrons. The number of nitrogens with one attached hydrogen (secondary N) is 1. The molecule has 0 amide bonds. The maximum absolute atomic E-state index is 12.3. The summed E-state index contributed by atoms with van der Waals surface area (Å²) in [5.41, 5.74) is 1.30. The second kappa shape index (κ2) is 6.47. The first-order chi connectivity index (χ1) is 11.6. The first-order valence-electron chi connectivity index (χ1n) is 6.88. The van der Waals surface area contributed by atoms with Crippen molar-refractivity contribution in [3.8, 4) is 6.07 Å². The third kappa shape index (κ3) is 3.56. The fourth-order valence-electron chi connectivity index (χ4n) is 1.98. The molecule has 2 heterocycles. The molecule has 3 aromatic rings. The lowest BCUT2D eigenvalue weighted by molar-refractivity contribution is 0.600. The monoisotopic (exact) mass is 340 g/mol. The second-order valence-corrected chi connectivity index (χ2v) is 6.55. The van der Waals surface area contributed by atoms with E-state index < -0.39 is 10.0 Å². The second-order valence-electron chi connectivity index (χ2n) is 4.87. The summed E-state index contributed by atoms with van der Waals surface area (Å²) in [5.74, 6) is -0.0248. The van der Waals surface area contributed by atoms with Crippen LogP contribution in [0.2, 0.25) is 0 Å². The fraction of sp³-hybridized carbons (Fsp3) is 0.0667. The van der Waals surface area contributed by atoms with Crippen molar-refractivity contribution in [2.24, 2.45) is 0 Å². The zero-order valence-corrected chi connectivity index (χ0v) is 13.2. The van der Waals surface area contributed by atoms with Gasteiger partial charge in [0.25, 0.3) is 16.0 Å². The van der Waals surface area contributed by atoms with Crippen LogP contribution < -0.4 is 4.72 Å². The molecular formula is C15H12N6O2S. The highest BCUT2D eigenvalue weighted by molar-refractivity contribution is 7.92. The molecule has 9 heteroatoms. The number of hydrogen-bond donors (Lipinski definition) is 1. The highest BCUT2D eigenvalue weighted by Gasteiger charge is 2.16. The van der Waals surface area contributed by atoms with Gasteiger partial charge in [0.1, 0.15) is 6.33 Å². The SMILES string of the molecule is N#Cc1ccc(S(=O)(=O)Nc2ncn(Cc3cccnc3)n2)cc1. The molecular weight excluding hydrogens is 328 g/mol. The molecule has 0 saturated heterocycles. The minimum atomic E-state index is -3.81. The van der Waals surface area contributed by atoms with Crippen molar-refractivity contribution in [2.45, 2.75) is 11.4 Å². The number of pyridine rings is 1. The quantitative estimate of drug-likeness (QED) is 0.751. The number of nitrogens with zero attached hydrogens (tertiary/aromatic N) is 5. The first-order valence-corrected chi connectivity index (χ1v) is 8.36. The topological polar surface area (TPSA) is 114 Å². The molecule has 1 N–H and O–H groups in total. The summed E-state index contributed by atoms with van der Waals surface area (Å²) < 4.78 is 28.4. The van der Waals surface area contributed by atoms with Crippen molar-refractivity contribution >= 4 is 16.0 Å². The Hall–Kier alpha value is -3.25. The molecule has 0 unspecified atom stereocenters. The van der Waals surface area contributed by atoms with Gasteiger partial charge in [-0.25, -0.2) is 17.8 Å². The summed E-state index contributed by atoms with van der Waals surface area (Å²) in [6.07, 6.45) is 4.80. The predicted molar refractivity (Wildman–Crippen MR) is 85.3 cm³/mol. The van der Waals surface area contributed by atoms with E-state index in [0.717, 1.165) is 5.56 Å². The summed E-state index contributed by atoms with van der Waals surface area (Å²) in [6, 6.07) is 11.2. The zero-order valence-electron chi connectivity index (χ0n) is 12.4. The summed E-state index contributed by atoms with van der Waals surface area (Å²) in [5, 5.41) is 12.8. The molecule has 120 valence electrons. The smallest absolute Gasteiger partial charge is 0.264 e. The molecule has 8 nitrogen and oxygen atoms in total. The summed E-state index contributed by atoms with van der Waals surface area (Å²) >= 11 is 0. The van der Waals surface area contributed by atoms with Crippen LogP contribution in [0.4, 0.5) is 5.95 Å². The number of anilines is 1. The van der Waals surface area contributed by atoms with Crippen LogP contribution in [-0.2, 0) is 16.6 Å². The zero-order chi connectivity index (χ0) is 17.0. The van der Waals surface area contributed by atoms with Crippen LogP contribution in [0.15, 0.2) is 60.0 Å². The van der Waals surface area contributed by atoms with Gasteiger partial charge < -0.3 is 0 Å². The van der Waals surface area contributed by atoms with Gasteiger partial charge in [-0.15, -0.1) is 5.10 Å². The van der Waals surface area contributed by atoms with Crippen molar-refractivity contribution < 1.29 is 8.42 Å². The molecule has 3 rings (SSSR count). The van der Waals surface area contributed by atoms with Crippen LogP contribution >= 0.6 is 0 Å². The Morgan fingerprint density at radius 3 is 2.67 bits per heavy atom. The van der Waals surface area contributed by atoms with Gasteiger partial charge in [-0.1, -0.05) is 6.07 Å². The Kier molecular flexibility index (Phi) is 4.22. The highest BCUT2D eigenvalue weighted by Crippen LogP contribution is 2.14. The van der Waals surface area contributed by atoms with E-state index in [2.05, 4.69) is 19.8 Å². The van der Waals surface area contributed by atoms with Gasteiger partial charge in [0, 0.05) is 12.4 Å². The Morgan fingerprint density at radius 2 is 2.00 bits per heavy atom. The van der Waals surface area contributed by atoms with Crippen LogP contribution in [0.1, 0.15) is 11.1 Å². The van der Waals surface area contributed by atoms with E-state index in [0.29, 0.717) is 12.1 Å². The average molecular weight is 340 g/mol. The highest BCUT2D eigenvalue weighted by atomic mass is 32.2. The van der Waals surface area contributed by atoms with Crippen LogP contribution in [0, 0.1) is 11.3 Å². The number of nitriles is 1. The van der Waals surface area contributed by atoms with Crippen molar-refractivity contribution in [1.82, 2.24) is 19.7 Å². The Labute approximate surface area is 138 Å². The molecule has 2 aromatic heterocycles. The van der Waals surface area contributed by atoms with Crippen LogP contribution in [-0.4, -0.2) is 28.2 Å². The molecule has 0 aliphatic carbocycles. The van der Waals surface area contributed by atoms with E-state index in [9.17, 15) is 8.42 Å². The summed E-state index contributed by atoms with van der Waals surface area (Å²) in [7, 11) is -3.81. The molecule has 0 aliphatic rings. The lowest BCUT2D eigenvalue weighted by Gasteiger charge is -2.04. The van der Waals surface area contributed by atoms with Gasteiger partial charge in [0.05, 0.1) is 23.1 Å². The van der Waals surface area contributed by atoms with Gasteiger partial charge in [-0.2, -0.15) is 10.2 Å². The van der Waals surface area contributed by atoms with Gasteiger partial charge >= 0.3 is 0 Å². The van der Waals surface area contributed by atoms with E-state index >= 15 is 0 Å². The van der Waals surface area contributed by atoms with Gasteiger partial charge in [-0.3, -0.25) is 4.98 Å². The van der Waals surface area contributed by atoms with Gasteiger partial charge in [0.2, 0.25) is 0 Å². The van der Waals surface area contributed by atoms with E-state index in [1.54, 1.807) is 18.5 Å². The van der Waals surface area contributed by atoms with Crippen LogP contribution in [0.5, 0.6) is 0 Å². The van der Waals surface area contributed by atoms with E-state index in [1.807, 2.05) is 12.1 Å². The van der Waals surface area contributed by atoms with Crippen LogP contribution in [0.3, 0.4) is 0 Å². The van der Waals surface area contributed by atoms with Crippen LogP contribution in [0.25, 0.3) is 0 Å². The lowest BCUT2D eigenvalue weighted by Crippen LogP contribution is -2.14. The van der Waals surface area contributed by atoms with Crippen molar-refractivity contribution in [2.75, 3.05) is 4.72 Å². The van der Waals surface area contributed by atoms with Crippen molar-refractivity contribution in [3.63, 3.8) is 0 Å². The standard InChI is InChI=1S/C15H12N6O2S/c16-8-12-3-5-14(6-4-12)24(22,23)20-15-18-11-21(19-15)10-13-2-1-7-17-9-13/h1-7,9,11H,10H2,(H,19,20). The normalized spacial score (nSPS) is 11.0. The molecule has 0 aliphatic heterocycles. The predicted octanol–water partition coefficient (Wildman–Crippen LogP) is 1.39. The number of aromatic nitrogens is 4. The third-order valence-electron chi connectivity index (χ3n) is 3.12. The third-order valence-corrected chi connectivity index (χ3v) is 4.47. The fourth-order valence-corrected chi connectivity index (χ4v) is 2.93. The molecule has 0 spiro atoms. The molecule has 0 saturated carbocycles. The maximum atomic E-state index is 12.3. The summed E-state index contributed by atoms with van der Waals surface area (Å²) in [4.78, 5) is 7.98. The Balaban J connectivity index is 1.74. The maximum Gasteiger partial charge on any atom is 0.264 e. The van der Waals surface area contributed by atoms with E-state index in [1.165, 1.54) is 35.3 Å².